The number of rotatable bonds is 4. The first-order chi connectivity index (χ1) is 13.9. The smallest absolute Gasteiger partial charge is 0.332 e. The lowest BCUT2D eigenvalue weighted by atomic mass is 10.2. The van der Waals surface area contributed by atoms with Gasteiger partial charge in [-0.2, -0.15) is 4.98 Å². The van der Waals surface area contributed by atoms with Crippen LogP contribution in [-0.2, 0) is 20.6 Å². The number of nitrogens with zero attached hydrogens (tertiary/aromatic N) is 6. The van der Waals surface area contributed by atoms with Gasteiger partial charge in [-0.05, 0) is 24.2 Å². The first-order valence-corrected chi connectivity index (χ1v) is 10.2. The average Bonchev–Trinajstić information content (AvgIpc) is 3.08. The van der Waals surface area contributed by atoms with Gasteiger partial charge in [-0.1, -0.05) is 30.7 Å². The van der Waals surface area contributed by atoms with Gasteiger partial charge in [-0.15, -0.1) is 0 Å². The minimum Gasteiger partial charge on any atom is -0.340 e. The molecule has 1 saturated heterocycles. The Hall–Kier alpha value is -2.58. The van der Waals surface area contributed by atoms with Crippen LogP contribution in [0.15, 0.2) is 33.9 Å². The predicted molar refractivity (Wildman–Crippen MR) is 115 cm³/mol. The molecule has 3 aromatic rings. The van der Waals surface area contributed by atoms with Crippen LogP contribution in [0.3, 0.4) is 0 Å². The Morgan fingerprint density at radius 1 is 1.00 bits per heavy atom. The second-order valence-electron chi connectivity index (χ2n) is 7.42. The molecule has 1 aliphatic rings. The molecule has 0 atom stereocenters. The van der Waals surface area contributed by atoms with Gasteiger partial charge in [0.25, 0.3) is 5.56 Å². The molecule has 2 aromatic heterocycles. The number of piperazine rings is 1. The lowest BCUT2D eigenvalue weighted by molar-refractivity contribution is 0.269. The Labute approximate surface area is 173 Å². The Balaban J connectivity index is 1.78. The zero-order chi connectivity index (χ0) is 20.7. The number of halogens is 1. The molecular formula is C20H25ClN6O2. The number of hydrogen-bond acceptors (Lipinski definition) is 5. The number of benzene rings is 1. The molecule has 0 bridgehead atoms. The molecule has 0 radical (unpaired) electrons. The third kappa shape index (κ3) is 3.47. The van der Waals surface area contributed by atoms with Crippen LogP contribution in [-0.4, -0.2) is 56.3 Å². The van der Waals surface area contributed by atoms with E-state index in [9.17, 15) is 9.59 Å². The van der Waals surface area contributed by atoms with Gasteiger partial charge in [0.1, 0.15) is 0 Å². The predicted octanol–water partition coefficient (Wildman–Crippen LogP) is 1.28. The quantitative estimate of drug-likeness (QED) is 0.640. The Bertz CT molecular complexity index is 1150. The molecule has 9 heteroatoms. The molecule has 154 valence electrons. The van der Waals surface area contributed by atoms with E-state index in [0.717, 1.165) is 44.2 Å². The SMILES string of the molecule is CCN1CCN(c2nc3c(c(=O)n(Cc4ccc(Cl)cc4)c(=O)n3C)n2C)CC1. The molecule has 0 amide bonds. The summed E-state index contributed by atoms with van der Waals surface area (Å²) in [4.78, 5) is 35.3. The number of aryl methyl sites for hydroxylation is 2. The van der Waals surface area contributed by atoms with Crippen LogP contribution in [0, 0.1) is 0 Å². The van der Waals surface area contributed by atoms with Crippen molar-refractivity contribution in [1.82, 2.24) is 23.6 Å². The molecule has 0 spiro atoms. The molecule has 0 N–H and O–H groups in total. The summed E-state index contributed by atoms with van der Waals surface area (Å²) in [6, 6.07) is 7.15. The maximum Gasteiger partial charge on any atom is 0.332 e. The second kappa shape index (κ2) is 7.68. The monoisotopic (exact) mass is 416 g/mol. The zero-order valence-corrected chi connectivity index (χ0v) is 17.7. The van der Waals surface area contributed by atoms with Crippen molar-refractivity contribution in [2.24, 2.45) is 14.1 Å². The summed E-state index contributed by atoms with van der Waals surface area (Å²) in [5.41, 5.74) is 0.993. The van der Waals surface area contributed by atoms with Gasteiger partial charge in [0.2, 0.25) is 5.95 Å². The van der Waals surface area contributed by atoms with Crippen molar-refractivity contribution >= 4 is 28.7 Å². The van der Waals surface area contributed by atoms with Crippen molar-refractivity contribution in [3.63, 3.8) is 0 Å². The first kappa shape index (κ1) is 19.7. The summed E-state index contributed by atoms with van der Waals surface area (Å²) in [6.45, 7) is 6.98. The molecule has 0 unspecified atom stereocenters. The maximum absolute atomic E-state index is 13.2. The fraction of sp³-hybridized carbons (Fsp3) is 0.450. The van der Waals surface area contributed by atoms with Gasteiger partial charge in [0, 0.05) is 45.3 Å². The minimum atomic E-state index is -0.377. The molecule has 0 aliphatic carbocycles. The summed E-state index contributed by atoms with van der Waals surface area (Å²) in [5, 5.41) is 0.615. The van der Waals surface area contributed by atoms with E-state index in [-0.39, 0.29) is 17.8 Å². The van der Waals surface area contributed by atoms with Crippen LogP contribution >= 0.6 is 11.6 Å². The van der Waals surface area contributed by atoms with Gasteiger partial charge in [-0.25, -0.2) is 4.79 Å². The highest BCUT2D eigenvalue weighted by atomic mass is 35.5. The molecule has 0 saturated carbocycles. The third-order valence-electron chi connectivity index (χ3n) is 5.69. The first-order valence-electron chi connectivity index (χ1n) is 9.78. The molecule has 3 heterocycles. The number of anilines is 1. The average molecular weight is 417 g/mol. The van der Waals surface area contributed by atoms with Gasteiger partial charge in [0.05, 0.1) is 6.54 Å². The van der Waals surface area contributed by atoms with Gasteiger partial charge in [0.15, 0.2) is 11.2 Å². The Kier molecular flexibility index (Phi) is 5.23. The largest absolute Gasteiger partial charge is 0.340 e. The maximum atomic E-state index is 13.2. The van der Waals surface area contributed by atoms with Crippen LogP contribution in [0.4, 0.5) is 5.95 Å². The van der Waals surface area contributed by atoms with E-state index in [2.05, 4.69) is 21.7 Å². The van der Waals surface area contributed by atoms with Crippen LogP contribution < -0.4 is 16.1 Å². The minimum absolute atomic E-state index is 0.189. The lowest BCUT2D eigenvalue weighted by Gasteiger charge is -2.34. The van der Waals surface area contributed by atoms with Crippen LogP contribution in [0.2, 0.25) is 5.02 Å². The molecular weight excluding hydrogens is 392 g/mol. The van der Waals surface area contributed by atoms with Crippen LogP contribution in [0.5, 0.6) is 0 Å². The summed E-state index contributed by atoms with van der Waals surface area (Å²) in [6.07, 6.45) is 0. The number of likely N-dealkylation sites (N-methyl/N-ethyl adjacent to an activating group) is 1. The highest BCUT2D eigenvalue weighted by molar-refractivity contribution is 6.30. The van der Waals surface area contributed by atoms with Crippen LogP contribution in [0.1, 0.15) is 12.5 Å². The van der Waals surface area contributed by atoms with Crippen LogP contribution in [0.25, 0.3) is 11.2 Å². The summed E-state index contributed by atoms with van der Waals surface area (Å²) in [5.74, 6) is 0.729. The highest BCUT2D eigenvalue weighted by Crippen LogP contribution is 2.19. The summed E-state index contributed by atoms with van der Waals surface area (Å²) in [7, 11) is 3.50. The van der Waals surface area contributed by atoms with E-state index >= 15 is 0 Å². The number of aromatic nitrogens is 4. The Morgan fingerprint density at radius 2 is 1.66 bits per heavy atom. The summed E-state index contributed by atoms with van der Waals surface area (Å²) < 4.78 is 4.53. The van der Waals surface area contributed by atoms with Crippen molar-refractivity contribution in [3.8, 4) is 0 Å². The molecule has 1 aliphatic heterocycles. The van der Waals surface area contributed by atoms with E-state index in [4.69, 9.17) is 11.6 Å². The van der Waals surface area contributed by atoms with Gasteiger partial charge < -0.3 is 14.4 Å². The topological polar surface area (TPSA) is 68.3 Å². The lowest BCUT2D eigenvalue weighted by Crippen LogP contribution is -2.47. The van der Waals surface area contributed by atoms with Crippen molar-refractivity contribution in [2.75, 3.05) is 37.6 Å². The van der Waals surface area contributed by atoms with E-state index in [1.54, 1.807) is 19.2 Å². The van der Waals surface area contributed by atoms with Gasteiger partial charge in [-0.3, -0.25) is 13.9 Å². The summed E-state index contributed by atoms with van der Waals surface area (Å²) >= 11 is 5.94. The van der Waals surface area contributed by atoms with Crippen molar-refractivity contribution in [3.05, 3.63) is 55.7 Å². The van der Waals surface area contributed by atoms with Crippen molar-refractivity contribution in [2.45, 2.75) is 13.5 Å². The van der Waals surface area contributed by atoms with Crippen molar-refractivity contribution < 1.29 is 0 Å². The zero-order valence-electron chi connectivity index (χ0n) is 16.9. The van der Waals surface area contributed by atoms with E-state index < -0.39 is 0 Å². The van der Waals surface area contributed by atoms with E-state index in [1.807, 2.05) is 23.7 Å². The van der Waals surface area contributed by atoms with Gasteiger partial charge >= 0.3 is 5.69 Å². The molecule has 29 heavy (non-hydrogen) atoms. The third-order valence-corrected chi connectivity index (χ3v) is 5.94. The van der Waals surface area contributed by atoms with Crippen molar-refractivity contribution in [1.29, 1.82) is 0 Å². The fourth-order valence-electron chi connectivity index (χ4n) is 3.89. The van der Waals surface area contributed by atoms with E-state index in [0.29, 0.717) is 16.2 Å². The standard InChI is InChI=1S/C20H25ClN6O2/c1-4-25-9-11-26(12-10-25)19-22-17-16(23(19)2)18(28)27(20(29)24(17)3)13-14-5-7-15(21)8-6-14/h5-8H,4,9-13H2,1-3H3. The molecule has 1 aromatic carbocycles. The number of fused-ring (bicyclic) bond motifs is 1. The number of hydrogen-bond donors (Lipinski definition) is 0. The second-order valence-corrected chi connectivity index (χ2v) is 7.86. The molecule has 4 rings (SSSR count). The van der Waals surface area contributed by atoms with E-state index in [1.165, 1.54) is 9.13 Å². The molecule has 8 nitrogen and oxygen atoms in total. The molecule has 1 fully saturated rings. The fourth-order valence-corrected chi connectivity index (χ4v) is 4.02. The number of imidazole rings is 1. The highest BCUT2D eigenvalue weighted by Gasteiger charge is 2.24. The Morgan fingerprint density at radius 3 is 2.28 bits per heavy atom. The normalized spacial score (nSPS) is 15.4.